The van der Waals surface area contributed by atoms with Crippen LogP contribution in [0.4, 0.5) is 0 Å². The Bertz CT molecular complexity index is 659. The van der Waals surface area contributed by atoms with E-state index in [1.54, 1.807) is 13.0 Å². The SMILES string of the molecule is Cc1nc(/C=C(\C#N)C(=O)c2ccoc2C)cs1. The van der Waals surface area contributed by atoms with Crippen LogP contribution in [0.2, 0.25) is 0 Å². The van der Waals surface area contributed by atoms with E-state index < -0.39 is 0 Å². The smallest absolute Gasteiger partial charge is 0.207 e. The molecule has 0 aliphatic carbocycles. The molecule has 2 heterocycles. The maximum atomic E-state index is 12.1. The summed E-state index contributed by atoms with van der Waals surface area (Å²) >= 11 is 1.47. The van der Waals surface area contributed by atoms with Gasteiger partial charge in [-0.25, -0.2) is 4.98 Å². The average Bonchev–Trinajstić information content (AvgIpc) is 2.94. The number of furan rings is 1. The molecule has 0 amide bonds. The van der Waals surface area contributed by atoms with Gasteiger partial charge in [-0.1, -0.05) is 0 Å². The van der Waals surface area contributed by atoms with E-state index in [0.717, 1.165) is 5.01 Å². The van der Waals surface area contributed by atoms with E-state index >= 15 is 0 Å². The van der Waals surface area contributed by atoms with E-state index in [-0.39, 0.29) is 11.4 Å². The van der Waals surface area contributed by atoms with Crippen LogP contribution in [0.3, 0.4) is 0 Å². The van der Waals surface area contributed by atoms with Crippen LogP contribution in [-0.2, 0) is 0 Å². The lowest BCUT2D eigenvalue weighted by molar-refractivity contribution is 0.103. The Hall–Kier alpha value is -2.19. The van der Waals surface area contributed by atoms with Gasteiger partial charge >= 0.3 is 0 Å². The van der Waals surface area contributed by atoms with Crippen molar-refractivity contribution in [2.75, 3.05) is 0 Å². The van der Waals surface area contributed by atoms with Crippen molar-refractivity contribution in [3.05, 3.63) is 45.3 Å². The zero-order valence-corrected chi connectivity index (χ0v) is 10.7. The van der Waals surface area contributed by atoms with Crippen molar-refractivity contribution >= 4 is 23.2 Å². The Labute approximate surface area is 108 Å². The lowest BCUT2D eigenvalue weighted by Crippen LogP contribution is -2.02. The summed E-state index contributed by atoms with van der Waals surface area (Å²) in [7, 11) is 0. The van der Waals surface area contributed by atoms with E-state index in [2.05, 4.69) is 4.98 Å². The molecule has 0 saturated heterocycles. The highest BCUT2D eigenvalue weighted by Crippen LogP contribution is 2.17. The molecule has 2 aromatic rings. The molecule has 0 bridgehead atoms. The number of allylic oxidation sites excluding steroid dienone is 1. The first-order chi connectivity index (χ1) is 8.61. The molecule has 4 nitrogen and oxygen atoms in total. The fraction of sp³-hybridized carbons (Fsp3) is 0.154. The monoisotopic (exact) mass is 258 g/mol. The number of rotatable bonds is 3. The van der Waals surface area contributed by atoms with Crippen LogP contribution in [0.25, 0.3) is 6.08 Å². The molecule has 0 aliphatic rings. The normalized spacial score (nSPS) is 11.3. The van der Waals surface area contributed by atoms with Crippen LogP contribution in [-0.4, -0.2) is 10.8 Å². The molecule has 0 aromatic carbocycles. The molecule has 0 fully saturated rings. The Kier molecular flexibility index (Phi) is 3.40. The van der Waals surface area contributed by atoms with Gasteiger partial charge in [0.2, 0.25) is 5.78 Å². The van der Waals surface area contributed by atoms with Crippen molar-refractivity contribution < 1.29 is 9.21 Å². The molecule has 0 saturated carbocycles. The predicted octanol–water partition coefficient (Wildman–Crippen LogP) is 3.14. The molecule has 0 radical (unpaired) electrons. The number of carbonyl (C=O) groups excluding carboxylic acids is 1. The Morgan fingerprint density at radius 1 is 1.56 bits per heavy atom. The summed E-state index contributed by atoms with van der Waals surface area (Å²) < 4.78 is 5.06. The highest BCUT2D eigenvalue weighted by molar-refractivity contribution is 7.09. The summed E-state index contributed by atoms with van der Waals surface area (Å²) in [5, 5.41) is 11.8. The molecule has 0 N–H and O–H groups in total. The van der Waals surface area contributed by atoms with Crippen molar-refractivity contribution in [3.63, 3.8) is 0 Å². The largest absolute Gasteiger partial charge is 0.469 e. The van der Waals surface area contributed by atoms with Gasteiger partial charge in [0.05, 0.1) is 22.5 Å². The van der Waals surface area contributed by atoms with Crippen LogP contribution in [0.5, 0.6) is 0 Å². The van der Waals surface area contributed by atoms with Crippen molar-refractivity contribution in [3.8, 4) is 6.07 Å². The summed E-state index contributed by atoms with van der Waals surface area (Å²) in [5.41, 5.74) is 1.10. The average molecular weight is 258 g/mol. The van der Waals surface area contributed by atoms with Gasteiger partial charge in [-0.3, -0.25) is 4.79 Å². The van der Waals surface area contributed by atoms with E-state index in [1.165, 1.54) is 23.7 Å². The number of aryl methyl sites for hydroxylation is 2. The molecule has 2 aromatic heterocycles. The number of aromatic nitrogens is 1. The van der Waals surface area contributed by atoms with Crippen molar-refractivity contribution in [2.45, 2.75) is 13.8 Å². The zero-order chi connectivity index (χ0) is 13.1. The number of hydrogen-bond donors (Lipinski definition) is 0. The number of ketones is 1. The zero-order valence-electron chi connectivity index (χ0n) is 9.93. The summed E-state index contributed by atoms with van der Waals surface area (Å²) in [4.78, 5) is 16.3. The molecular formula is C13H10N2O2S. The number of carbonyl (C=O) groups is 1. The molecule has 90 valence electrons. The Morgan fingerprint density at radius 2 is 2.33 bits per heavy atom. The lowest BCUT2D eigenvalue weighted by Gasteiger charge is -1.96. The molecular weight excluding hydrogens is 248 g/mol. The topological polar surface area (TPSA) is 66.9 Å². The molecule has 0 spiro atoms. The van der Waals surface area contributed by atoms with E-state index in [9.17, 15) is 4.79 Å². The van der Waals surface area contributed by atoms with Gasteiger partial charge in [0.15, 0.2) is 0 Å². The highest BCUT2D eigenvalue weighted by atomic mass is 32.1. The maximum Gasteiger partial charge on any atom is 0.207 e. The number of hydrogen-bond acceptors (Lipinski definition) is 5. The van der Waals surface area contributed by atoms with Crippen LogP contribution in [0, 0.1) is 25.2 Å². The minimum atomic E-state index is -0.339. The fourth-order valence-electron chi connectivity index (χ4n) is 1.51. The first-order valence-electron chi connectivity index (χ1n) is 5.24. The quantitative estimate of drug-likeness (QED) is 0.482. The minimum absolute atomic E-state index is 0.0600. The summed E-state index contributed by atoms with van der Waals surface area (Å²) in [5.74, 6) is 0.171. The second kappa shape index (κ2) is 4.98. The third-order valence-corrected chi connectivity index (χ3v) is 3.19. The molecule has 5 heteroatoms. The third kappa shape index (κ3) is 2.39. The standard InChI is InChI=1S/C13H10N2O2S/c1-8-12(3-4-17-8)13(16)10(6-14)5-11-7-18-9(2)15-11/h3-5,7H,1-2H3/b10-5+. The molecule has 0 unspecified atom stereocenters. The van der Waals surface area contributed by atoms with E-state index in [0.29, 0.717) is 17.0 Å². The van der Waals surface area contributed by atoms with E-state index in [4.69, 9.17) is 9.68 Å². The van der Waals surface area contributed by atoms with Crippen LogP contribution < -0.4 is 0 Å². The van der Waals surface area contributed by atoms with Crippen molar-refractivity contribution in [2.24, 2.45) is 0 Å². The fourth-order valence-corrected chi connectivity index (χ4v) is 2.08. The van der Waals surface area contributed by atoms with Gasteiger partial charge in [-0.2, -0.15) is 5.26 Å². The lowest BCUT2D eigenvalue weighted by atomic mass is 10.0. The van der Waals surface area contributed by atoms with Crippen molar-refractivity contribution in [1.82, 2.24) is 4.98 Å². The number of Topliss-reactive ketones (excluding diaryl/α,β-unsaturated/α-hetero) is 1. The molecule has 0 atom stereocenters. The number of nitrogens with zero attached hydrogens (tertiary/aromatic N) is 2. The Balaban J connectivity index is 2.36. The predicted molar refractivity (Wildman–Crippen MR) is 68.2 cm³/mol. The second-order valence-corrected chi connectivity index (χ2v) is 4.74. The van der Waals surface area contributed by atoms with Gasteiger partial charge in [0.1, 0.15) is 17.4 Å². The second-order valence-electron chi connectivity index (χ2n) is 3.68. The van der Waals surface area contributed by atoms with Gasteiger partial charge in [-0.15, -0.1) is 11.3 Å². The van der Waals surface area contributed by atoms with Gasteiger partial charge in [0.25, 0.3) is 0 Å². The number of nitriles is 1. The van der Waals surface area contributed by atoms with Crippen molar-refractivity contribution in [1.29, 1.82) is 5.26 Å². The van der Waals surface area contributed by atoms with Gasteiger partial charge < -0.3 is 4.42 Å². The molecule has 18 heavy (non-hydrogen) atoms. The number of thiazole rings is 1. The molecule has 0 aliphatic heterocycles. The van der Waals surface area contributed by atoms with Crippen LogP contribution >= 0.6 is 11.3 Å². The molecule has 2 rings (SSSR count). The summed E-state index contributed by atoms with van der Waals surface area (Å²) in [6.07, 6.45) is 2.93. The highest BCUT2D eigenvalue weighted by Gasteiger charge is 2.16. The van der Waals surface area contributed by atoms with Crippen LogP contribution in [0.15, 0.2) is 27.7 Å². The maximum absolute atomic E-state index is 12.1. The third-order valence-electron chi connectivity index (χ3n) is 2.40. The first kappa shape index (κ1) is 12.3. The van der Waals surface area contributed by atoms with E-state index in [1.807, 2.05) is 18.4 Å². The minimum Gasteiger partial charge on any atom is -0.469 e. The Morgan fingerprint density at radius 3 is 2.83 bits per heavy atom. The first-order valence-corrected chi connectivity index (χ1v) is 6.12. The van der Waals surface area contributed by atoms with Crippen LogP contribution in [0.1, 0.15) is 26.8 Å². The summed E-state index contributed by atoms with van der Waals surface area (Å²) in [6.45, 7) is 3.56. The van der Waals surface area contributed by atoms with Gasteiger partial charge in [-0.05, 0) is 26.0 Å². The van der Waals surface area contributed by atoms with Gasteiger partial charge in [0, 0.05) is 5.38 Å². The summed E-state index contributed by atoms with van der Waals surface area (Å²) in [6, 6.07) is 3.47.